The van der Waals surface area contributed by atoms with Crippen LogP contribution in [0, 0.1) is 0 Å². The topological polar surface area (TPSA) is 86.2 Å². The molecule has 18 heavy (non-hydrogen) atoms. The first-order valence-corrected chi connectivity index (χ1v) is 8.06. The van der Waals surface area contributed by atoms with Crippen LogP contribution < -0.4 is 11.5 Å². The van der Waals surface area contributed by atoms with Crippen molar-refractivity contribution in [1.82, 2.24) is 0 Å². The first-order valence-electron chi connectivity index (χ1n) is 6.11. The molecule has 0 heterocycles. The summed E-state index contributed by atoms with van der Waals surface area (Å²) in [6, 6.07) is 7.96. The van der Waals surface area contributed by atoms with Gasteiger partial charge in [0.15, 0.2) is 9.84 Å². The highest BCUT2D eigenvalue weighted by Crippen LogP contribution is 2.53. The van der Waals surface area contributed by atoms with E-state index >= 15 is 0 Å². The first-order chi connectivity index (χ1) is 8.34. The normalized spacial score (nSPS) is 31.3. The Balaban J connectivity index is 2.33. The molecule has 4 N–H and O–H groups in total. The summed E-state index contributed by atoms with van der Waals surface area (Å²) in [7, 11) is -3.17. The van der Waals surface area contributed by atoms with Crippen molar-refractivity contribution < 1.29 is 8.42 Å². The van der Waals surface area contributed by atoms with Crippen molar-refractivity contribution in [1.29, 1.82) is 0 Å². The Bertz CT molecular complexity index is 539. The zero-order chi connectivity index (χ0) is 13.6. The summed E-state index contributed by atoms with van der Waals surface area (Å²) >= 11 is 0. The van der Waals surface area contributed by atoms with Crippen molar-refractivity contribution in [3.05, 3.63) is 35.4 Å². The Morgan fingerprint density at radius 3 is 2.17 bits per heavy atom. The van der Waals surface area contributed by atoms with E-state index in [1.54, 1.807) is 0 Å². The Hall–Kier alpha value is -0.910. The number of nitrogens with two attached hydrogens (primary N) is 2. The van der Waals surface area contributed by atoms with Gasteiger partial charge in [0.2, 0.25) is 0 Å². The van der Waals surface area contributed by atoms with E-state index in [1.807, 2.05) is 24.3 Å². The lowest BCUT2D eigenvalue weighted by atomic mass is 10.0. The molecule has 0 saturated heterocycles. The Morgan fingerprint density at radius 1 is 1.28 bits per heavy atom. The van der Waals surface area contributed by atoms with E-state index in [2.05, 4.69) is 6.92 Å². The monoisotopic (exact) mass is 268 g/mol. The van der Waals surface area contributed by atoms with Crippen LogP contribution in [0.2, 0.25) is 0 Å². The van der Waals surface area contributed by atoms with Crippen molar-refractivity contribution in [2.24, 2.45) is 11.5 Å². The van der Waals surface area contributed by atoms with Crippen molar-refractivity contribution in [2.45, 2.75) is 30.1 Å². The van der Waals surface area contributed by atoms with Crippen LogP contribution in [0.15, 0.2) is 24.3 Å². The SMILES string of the molecule is CCc1ccc([C@H]2[C@H](S(C)(=O)=O)[C@@]2(N)CN)cc1. The molecule has 0 radical (unpaired) electrons. The van der Waals surface area contributed by atoms with Crippen molar-refractivity contribution >= 4 is 9.84 Å². The van der Waals surface area contributed by atoms with E-state index in [0.717, 1.165) is 12.0 Å². The van der Waals surface area contributed by atoms with Crippen LogP contribution in [0.4, 0.5) is 0 Å². The summed E-state index contributed by atoms with van der Waals surface area (Å²) in [5, 5.41) is -0.553. The highest BCUT2D eigenvalue weighted by Gasteiger charge is 2.67. The molecule has 4 nitrogen and oxygen atoms in total. The minimum absolute atomic E-state index is 0.177. The van der Waals surface area contributed by atoms with Gasteiger partial charge in [-0.25, -0.2) is 8.42 Å². The van der Waals surface area contributed by atoms with E-state index in [0.29, 0.717) is 0 Å². The number of hydrogen-bond donors (Lipinski definition) is 2. The van der Waals surface area contributed by atoms with Gasteiger partial charge >= 0.3 is 0 Å². The second kappa shape index (κ2) is 4.33. The molecule has 1 aliphatic rings. The molecule has 0 spiro atoms. The fourth-order valence-corrected chi connectivity index (χ4v) is 4.62. The molecule has 3 atom stereocenters. The van der Waals surface area contributed by atoms with E-state index in [1.165, 1.54) is 11.8 Å². The van der Waals surface area contributed by atoms with Gasteiger partial charge < -0.3 is 11.5 Å². The van der Waals surface area contributed by atoms with Gasteiger partial charge in [-0.15, -0.1) is 0 Å². The van der Waals surface area contributed by atoms with Gasteiger partial charge in [-0.1, -0.05) is 31.2 Å². The summed E-state index contributed by atoms with van der Waals surface area (Å²) in [6.45, 7) is 2.27. The lowest BCUT2D eigenvalue weighted by Crippen LogP contribution is -2.38. The Labute approximate surface area is 108 Å². The maximum absolute atomic E-state index is 11.7. The second-order valence-electron chi connectivity index (χ2n) is 5.14. The van der Waals surface area contributed by atoms with E-state index in [-0.39, 0.29) is 12.5 Å². The van der Waals surface area contributed by atoms with Gasteiger partial charge in [0.1, 0.15) is 0 Å². The second-order valence-corrected chi connectivity index (χ2v) is 7.31. The molecule has 1 aromatic rings. The number of aryl methyl sites for hydroxylation is 1. The molecule has 0 aliphatic heterocycles. The van der Waals surface area contributed by atoms with Gasteiger partial charge in [-0.3, -0.25) is 0 Å². The molecular weight excluding hydrogens is 248 g/mol. The molecule has 1 aromatic carbocycles. The zero-order valence-corrected chi connectivity index (χ0v) is 11.6. The van der Waals surface area contributed by atoms with Gasteiger partial charge in [0, 0.05) is 18.7 Å². The molecule has 0 amide bonds. The lowest BCUT2D eigenvalue weighted by molar-refractivity contribution is 0.591. The number of hydrogen-bond acceptors (Lipinski definition) is 4. The molecule has 1 saturated carbocycles. The average Bonchev–Trinajstić information content (AvgIpc) is 2.97. The van der Waals surface area contributed by atoms with E-state index in [4.69, 9.17) is 11.5 Å². The van der Waals surface area contributed by atoms with Crippen molar-refractivity contribution in [2.75, 3.05) is 12.8 Å². The molecule has 1 fully saturated rings. The standard InChI is InChI=1S/C13H20N2O2S/c1-3-9-4-6-10(7-5-9)11-12(18(2,16)17)13(11,15)8-14/h4-7,11-12H,3,8,14-15H2,1-2H3/t11-,12-,13+/m0/s1. The van der Waals surface area contributed by atoms with Crippen LogP contribution in [0.1, 0.15) is 24.0 Å². The summed E-state index contributed by atoms with van der Waals surface area (Å²) in [5.74, 6) is -0.177. The molecule has 1 aliphatic carbocycles. The number of rotatable bonds is 4. The van der Waals surface area contributed by atoms with Crippen molar-refractivity contribution in [3.63, 3.8) is 0 Å². The Morgan fingerprint density at radius 2 is 1.83 bits per heavy atom. The first kappa shape index (κ1) is 13.5. The fourth-order valence-electron chi connectivity index (χ4n) is 2.76. The molecule has 5 heteroatoms. The molecule has 100 valence electrons. The molecule has 0 aromatic heterocycles. The summed E-state index contributed by atoms with van der Waals surface area (Å²) in [5.41, 5.74) is 13.2. The summed E-state index contributed by atoms with van der Waals surface area (Å²) in [6.07, 6.45) is 2.19. The van der Waals surface area contributed by atoms with Crippen LogP contribution in [0.25, 0.3) is 0 Å². The number of sulfone groups is 1. The Kier molecular flexibility index (Phi) is 3.25. The smallest absolute Gasteiger partial charge is 0.152 e. The maximum Gasteiger partial charge on any atom is 0.152 e. The maximum atomic E-state index is 11.7. The predicted octanol–water partition coefficient (Wildman–Crippen LogP) is 0.416. The van der Waals surface area contributed by atoms with Crippen LogP contribution >= 0.6 is 0 Å². The third-order valence-corrected chi connectivity index (χ3v) is 5.50. The van der Waals surface area contributed by atoms with Gasteiger partial charge in [0.05, 0.1) is 10.8 Å². The third-order valence-electron chi connectivity index (χ3n) is 3.86. The highest BCUT2D eigenvalue weighted by molar-refractivity contribution is 7.91. The zero-order valence-electron chi connectivity index (χ0n) is 10.8. The van der Waals surface area contributed by atoms with Gasteiger partial charge in [0.25, 0.3) is 0 Å². The highest BCUT2D eigenvalue weighted by atomic mass is 32.2. The average molecular weight is 268 g/mol. The minimum Gasteiger partial charge on any atom is -0.329 e. The van der Waals surface area contributed by atoms with E-state index < -0.39 is 20.6 Å². The largest absolute Gasteiger partial charge is 0.329 e. The fraction of sp³-hybridized carbons (Fsp3) is 0.538. The quantitative estimate of drug-likeness (QED) is 0.828. The molecule has 0 unspecified atom stereocenters. The summed E-state index contributed by atoms with van der Waals surface area (Å²) in [4.78, 5) is 0. The van der Waals surface area contributed by atoms with E-state index in [9.17, 15) is 8.42 Å². The molecule has 2 rings (SSSR count). The van der Waals surface area contributed by atoms with Gasteiger partial charge in [-0.05, 0) is 17.5 Å². The third kappa shape index (κ3) is 2.06. The molecular formula is C13H20N2O2S. The molecule has 0 bridgehead atoms. The van der Waals surface area contributed by atoms with Crippen LogP contribution in [0.5, 0.6) is 0 Å². The van der Waals surface area contributed by atoms with Crippen LogP contribution in [-0.2, 0) is 16.3 Å². The summed E-state index contributed by atoms with van der Waals surface area (Å²) < 4.78 is 23.5. The number of benzene rings is 1. The van der Waals surface area contributed by atoms with Gasteiger partial charge in [-0.2, -0.15) is 0 Å². The van der Waals surface area contributed by atoms with Crippen LogP contribution in [0.3, 0.4) is 0 Å². The predicted molar refractivity (Wildman–Crippen MR) is 73.2 cm³/mol. The minimum atomic E-state index is -3.17. The van der Waals surface area contributed by atoms with Crippen LogP contribution in [-0.4, -0.2) is 32.0 Å². The van der Waals surface area contributed by atoms with Crippen molar-refractivity contribution in [3.8, 4) is 0 Å². The lowest BCUT2D eigenvalue weighted by Gasteiger charge is -2.07.